The summed E-state index contributed by atoms with van der Waals surface area (Å²) >= 11 is 0. The van der Waals surface area contributed by atoms with E-state index >= 15 is 0 Å². The van der Waals surface area contributed by atoms with Crippen LogP contribution in [0.4, 0.5) is 4.39 Å². The minimum absolute atomic E-state index is 0.0262. The molecule has 3 N–H and O–H groups in total. The first-order valence-electron chi connectivity index (χ1n) is 10.4. The molecule has 0 aliphatic rings. The van der Waals surface area contributed by atoms with Crippen molar-refractivity contribution >= 4 is 12.1 Å². The van der Waals surface area contributed by atoms with E-state index in [0.717, 1.165) is 25.9 Å². The molecule has 1 atom stereocenters. The molecule has 1 aromatic rings. The number of allylic oxidation sites excluding steroid dienone is 3. The van der Waals surface area contributed by atoms with Gasteiger partial charge in [0.1, 0.15) is 7.11 Å². The highest BCUT2D eigenvalue weighted by atomic mass is 19.1. The highest BCUT2D eigenvalue weighted by molar-refractivity contribution is 5.79. The maximum absolute atomic E-state index is 12.3. The fraction of sp³-hybridized carbons (Fsp3) is 0.417. The molecule has 0 unspecified atom stereocenters. The Kier molecular flexibility index (Phi) is 13.6. The third-order valence-corrected chi connectivity index (χ3v) is 4.54. The lowest BCUT2D eigenvalue weighted by Gasteiger charge is -2.19. The molecular formula is C24H35FN3O2+. The summed E-state index contributed by atoms with van der Waals surface area (Å²) in [4.78, 5) is 17.0. The second kappa shape index (κ2) is 16.1. The van der Waals surface area contributed by atoms with E-state index in [9.17, 15) is 9.18 Å². The van der Waals surface area contributed by atoms with E-state index in [-0.39, 0.29) is 18.4 Å². The predicted octanol–water partition coefficient (Wildman–Crippen LogP) is 2.69. The molecule has 164 valence electrons. The third-order valence-electron chi connectivity index (χ3n) is 4.54. The Bertz CT molecular complexity index is 729. The van der Waals surface area contributed by atoms with Gasteiger partial charge in [-0.15, -0.1) is 0 Å². The van der Waals surface area contributed by atoms with Crippen LogP contribution in [0.25, 0.3) is 0 Å². The second-order valence-electron chi connectivity index (χ2n) is 7.03. The molecule has 1 rings (SSSR count). The topological polar surface area (TPSA) is 64.3 Å². The monoisotopic (exact) mass is 416 g/mol. The number of halogens is 1. The Morgan fingerprint density at radius 3 is 2.87 bits per heavy atom. The minimum Gasteiger partial charge on any atom is -0.353 e. The molecule has 0 spiro atoms. The van der Waals surface area contributed by atoms with Crippen LogP contribution >= 0.6 is 0 Å². The number of hydrogen-bond acceptors (Lipinski definition) is 3. The Morgan fingerprint density at radius 1 is 1.33 bits per heavy atom. The van der Waals surface area contributed by atoms with Gasteiger partial charge in [-0.25, -0.2) is 4.39 Å². The molecule has 0 fully saturated rings. The fourth-order valence-corrected chi connectivity index (χ4v) is 2.95. The van der Waals surface area contributed by atoms with Crippen molar-refractivity contribution < 1.29 is 19.2 Å². The summed E-state index contributed by atoms with van der Waals surface area (Å²) in [7, 11) is 1.52. The van der Waals surface area contributed by atoms with E-state index in [1.165, 1.54) is 24.3 Å². The van der Waals surface area contributed by atoms with Gasteiger partial charge in [0.25, 0.3) is 0 Å². The molecule has 0 saturated heterocycles. The standard InChI is InChI=1S/C24H34FN3O2/c1-4-21-10-7-11-22(18-21)19-26-16-13-23(12-5-6-14-25)28-24(29)17-20(2)9-8-15-27-30-3/h6-11,14-15,18,23,26H,2,4-5,12-13,16-17,19H2,1,3H3,(H,28,29)/p+1/b9-8-,14-6+,27-15+/t23-/m0/s1. The molecule has 0 heterocycles. The van der Waals surface area contributed by atoms with Gasteiger partial charge < -0.3 is 10.6 Å². The van der Waals surface area contributed by atoms with E-state index in [2.05, 4.69) is 58.4 Å². The molecule has 0 aromatic heterocycles. The molecule has 0 aliphatic heterocycles. The molecule has 30 heavy (non-hydrogen) atoms. The summed E-state index contributed by atoms with van der Waals surface area (Å²) in [6.45, 7) is 7.58. The fourth-order valence-electron chi connectivity index (χ4n) is 2.95. The summed E-state index contributed by atoms with van der Waals surface area (Å²) in [5.41, 5.74) is 3.26. The maximum Gasteiger partial charge on any atom is 0.224 e. The van der Waals surface area contributed by atoms with Gasteiger partial charge in [0.2, 0.25) is 12.1 Å². The number of rotatable bonds is 15. The van der Waals surface area contributed by atoms with Gasteiger partial charge in [-0.2, -0.15) is 0 Å². The number of aryl methyl sites for hydroxylation is 1. The van der Waals surface area contributed by atoms with Crippen LogP contribution in [0.5, 0.6) is 0 Å². The summed E-state index contributed by atoms with van der Waals surface area (Å²) in [6, 6.07) is 8.49. The average Bonchev–Trinajstić information content (AvgIpc) is 2.74. The number of hydrogen-bond donors (Lipinski definition) is 3. The van der Waals surface area contributed by atoms with E-state index < -0.39 is 0 Å². The molecule has 0 bridgehead atoms. The van der Waals surface area contributed by atoms with Gasteiger partial charge in [0.15, 0.2) is 0 Å². The molecule has 0 radical (unpaired) electrons. The van der Waals surface area contributed by atoms with Crippen molar-refractivity contribution in [1.29, 1.82) is 0 Å². The van der Waals surface area contributed by atoms with Crippen molar-refractivity contribution in [3.05, 3.63) is 72.1 Å². The quantitative estimate of drug-likeness (QED) is 0.178. The van der Waals surface area contributed by atoms with E-state index in [4.69, 9.17) is 0 Å². The summed E-state index contributed by atoms with van der Waals surface area (Å²) < 4.78 is 12.3. The van der Waals surface area contributed by atoms with Crippen LogP contribution in [0, 0.1) is 0 Å². The van der Waals surface area contributed by atoms with Crippen molar-refractivity contribution in [1.82, 2.24) is 10.6 Å². The van der Waals surface area contributed by atoms with Gasteiger partial charge in [0, 0.05) is 18.7 Å². The SMILES string of the molecule is C=C(/C=C\C=[NH+]\OC)CC(=O)N[C@@H](CC/C=C/F)CCNCc1cccc(CC)c1. The molecule has 6 heteroatoms. The largest absolute Gasteiger partial charge is 0.353 e. The summed E-state index contributed by atoms with van der Waals surface area (Å²) in [5.74, 6) is -0.0887. The van der Waals surface area contributed by atoms with Crippen LogP contribution in [0.2, 0.25) is 0 Å². The number of nitrogens with one attached hydrogen (secondary N) is 3. The van der Waals surface area contributed by atoms with Crippen LogP contribution in [0.1, 0.15) is 43.7 Å². The van der Waals surface area contributed by atoms with Gasteiger partial charge in [-0.1, -0.05) is 49.9 Å². The second-order valence-corrected chi connectivity index (χ2v) is 7.03. The van der Waals surface area contributed by atoms with Crippen LogP contribution in [-0.2, 0) is 22.6 Å². The first kappa shape index (κ1) is 25.3. The van der Waals surface area contributed by atoms with Gasteiger partial charge in [-0.3, -0.25) is 9.63 Å². The van der Waals surface area contributed by atoms with Crippen molar-refractivity contribution in [3.63, 3.8) is 0 Å². The third kappa shape index (κ3) is 12.0. The van der Waals surface area contributed by atoms with E-state index in [1.807, 2.05) is 0 Å². The normalized spacial score (nSPS) is 12.6. The first-order chi connectivity index (χ1) is 14.6. The lowest BCUT2D eigenvalue weighted by molar-refractivity contribution is -0.740. The van der Waals surface area contributed by atoms with Crippen LogP contribution in [0.3, 0.4) is 0 Å². The smallest absolute Gasteiger partial charge is 0.224 e. The number of carbonyl (C=O) groups is 1. The lowest BCUT2D eigenvalue weighted by atomic mass is 10.1. The van der Waals surface area contributed by atoms with Crippen LogP contribution in [-0.4, -0.2) is 31.8 Å². The van der Waals surface area contributed by atoms with Gasteiger partial charge in [0.05, 0.1) is 12.8 Å². The Hall–Kier alpha value is -2.73. The molecule has 5 nitrogen and oxygen atoms in total. The molecule has 0 saturated carbocycles. The molecular weight excluding hydrogens is 381 g/mol. The molecule has 1 aromatic carbocycles. The Morgan fingerprint density at radius 2 is 2.13 bits per heavy atom. The summed E-state index contributed by atoms with van der Waals surface area (Å²) in [6.07, 6.45) is 10.4. The van der Waals surface area contributed by atoms with Gasteiger partial charge in [-0.05, 0) is 54.1 Å². The highest BCUT2D eigenvalue weighted by Gasteiger charge is 2.12. The zero-order chi connectivity index (χ0) is 22.0. The number of benzene rings is 1. The van der Waals surface area contributed by atoms with Gasteiger partial charge >= 0.3 is 0 Å². The zero-order valence-corrected chi connectivity index (χ0v) is 18.1. The summed E-state index contributed by atoms with van der Waals surface area (Å²) in [5, 5.41) is 9.04. The van der Waals surface area contributed by atoms with Crippen molar-refractivity contribution in [3.8, 4) is 0 Å². The van der Waals surface area contributed by atoms with E-state index in [1.54, 1.807) is 18.4 Å². The molecule has 1 amide bonds. The predicted molar refractivity (Wildman–Crippen MR) is 120 cm³/mol. The lowest BCUT2D eigenvalue weighted by Crippen LogP contribution is -2.66. The van der Waals surface area contributed by atoms with Crippen molar-refractivity contribution in [2.24, 2.45) is 0 Å². The Labute approximate surface area is 179 Å². The molecule has 0 aliphatic carbocycles. The maximum atomic E-state index is 12.3. The first-order valence-corrected chi connectivity index (χ1v) is 10.4. The van der Waals surface area contributed by atoms with Crippen LogP contribution < -0.4 is 15.8 Å². The van der Waals surface area contributed by atoms with E-state index in [0.29, 0.717) is 24.7 Å². The van der Waals surface area contributed by atoms with Crippen LogP contribution in [0.15, 0.2) is 61.0 Å². The highest BCUT2D eigenvalue weighted by Crippen LogP contribution is 2.08. The van der Waals surface area contributed by atoms with Crippen molar-refractivity contribution in [2.75, 3.05) is 13.7 Å². The van der Waals surface area contributed by atoms with Crippen molar-refractivity contribution in [2.45, 2.75) is 51.6 Å². The average molecular weight is 417 g/mol. The zero-order valence-electron chi connectivity index (χ0n) is 18.1. The number of amides is 1. The Balaban J connectivity index is 2.46. The minimum atomic E-state index is -0.0887. The number of carbonyl (C=O) groups excluding carboxylic acids is 1.